The van der Waals surface area contributed by atoms with Crippen molar-refractivity contribution in [2.45, 2.75) is 0 Å². The minimum absolute atomic E-state index is 0.0802. The number of carbonyl (C=O) groups is 1. The molecule has 0 saturated carbocycles. The zero-order valence-corrected chi connectivity index (χ0v) is 6.97. The fraction of sp³-hybridized carbons (Fsp3) is 0.143. The first-order valence-corrected chi connectivity index (χ1v) is 3.43. The van der Waals surface area contributed by atoms with Gasteiger partial charge in [0.1, 0.15) is 12.8 Å². The summed E-state index contributed by atoms with van der Waals surface area (Å²) in [4.78, 5) is 22.4. The summed E-state index contributed by atoms with van der Waals surface area (Å²) >= 11 is 0. The third-order valence-corrected chi connectivity index (χ3v) is 1.24. The second-order valence-corrected chi connectivity index (χ2v) is 2.08. The Bertz CT molecular complexity index is 337. The number of rotatable bonds is 3. The summed E-state index contributed by atoms with van der Waals surface area (Å²) in [6, 6.07) is 1.52. The van der Waals surface area contributed by atoms with Crippen molar-refractivity contribution in [2.75, 3.05) is 12.8 Å². The van der Waals surface area contributed by atoms with Crippen molar-refractivity contribution in [3.05, 3.63) is 18.0 Å². The summed E-state index contributed by atoms with van der Waals surface area (Å²) in [6.07, 6.45) is 1.97. The van der Waals surface area contributed by atoms with Crippen molar-refractivity contribution in [2.24, 2.45) is 5.16 Å². The second kappa shape index (κ2) is 4.15. The van der Waals surface area contributed by atoms with Gasteiger partial charge in [-0.05, 0) is 6.07 Å². The van der Waals surface area contributed by atoms with E-state index in [4.69, 9.17) is 5.73 Å². The number of nitrogens with zero attached hydrogens (tertiary/aromatic N) is 3. The number of aromatic nitrogens is 2. The highest BCUT2D eigenvalue weighted by Gasteiger charge is 2.04. The minimum atomic E-state index is 0.0802. The molecule has 0 aliphatic heterocycles. The van der Waals surface area contributed by atoms with Crippen molar-refractivity contribution in [1.82, 2.24) is 9.97 Å². The van der Waals surface area contributed by atoms with Crippen LogP contribution in [-0.2, 0) is 9.63 Å². The molecule has 1 aromatic heterocycles. The highest BCUT2D eigenvalue weighted by molar-refractivity contribution is 6.35. The van der Waals surface area contributed by atoms with E-state index in [0.717, 1.165) is 0 Å². The smallest absolute Gasteiger partial charge is 0.220 e. The van der Waals surface area contributed by atoms with Gasteiger partial charge in [0.25, 0.3) is 0 Å². The molecule has 2 N–H and O–H groups in total. The Labute approximate surface area is 74.4 Å². The van der Waals surface area contributed by atoms with Gasteiger partial charge in [-0.3, -0.25) is 4.79 Å². The molecule has 13 heavy (non-hydrogen) atoms. The topological polar surface area (TPSA) is 90.5 Å². The van der Waals surface area contributed by atoms with E-state index in [1.165, 1.54) is 19.4 Å². The molecule has 0 aliphatic carbocycles. The molecule has 68 valence electrons. The van der Waals surface area contributed by atoms with Crippen LogP contribution in [0.2, 0.25) is 0 Å². The highest BCUT2D eigenvalue weighted by atomic mass is 16.6. The lowest BCUT2D eigenvalue weighted by Gasteiger charge is -1.97. The summed E-state index contributed by atoms with van der Waals surface area (Å²) < 4.78 is 0. The van der Waals surface area contributed by atoms with Crippen molar-refractivity contribution < 1.29 is 9.63 Å². The Hall–Kier alpha value is -1.98. The summed E-state index contributed by atoms with van der Waals surface area (Å²) in [6.45, 7) is 0. The monoisotopic (exact) mass is 180 g/mol. The Morgan fingerprint density at radius 3 is 3.08 bits per heavy atom. The fourth-order valence-corrected chi connectivity index (χ4v) is 0.743. The second-order valence-electron chi connectivity index (χ2n) is 2.08. The maximum absolute atomic E-state index is 10.5. The van der Waals surface area contributed by atoms with E-state index in [9.17, 15) is 4.79 Å². The van der Waals surface area contributed by atoms with E-state index in [1.54, 1.807) is 0 Å². The molecule has 0 unspecified atom stereocenters. The quantitative estimate of drug-likeness (QED) is 0.388. The van der Waals surface area contributed by atoms with Crippen LogP contribution in [0.15, 0.2) is 17.4 Å². The maximum atomic E-state index is 10.5. The van der Waals surface area contributed by atoms with Gasteiger partial charge in [0.2, 0.25) is 5.95 Å². The Morgan fingerprint density at radius 2 is 2.54 bits per heavy atom. The SMILES string of the molecule is CO/N=C(\C=O)c1ccnc(N)n1. The third kappa shape index (κ3) is 2.22. The lowest BCUT2D eigenvalue weighted by Crippen LogP contribution is -2.08. The lowest BCUT2D eigenvalue weighted by molar-refractivity contribution is -0.102. The molecule has 0 atom stereocenters. The van der Waals surface area contributed by atoms with Crippen LogP contribution in [0.25, 0.3) is 0 Å². The van der Waals surface area contributed by atoms with Crippen LogP contribution in [0.4, 0.5) is 5.95 Å². The average molecular weight is 180 g/mol. The van der Waals surface area contributed by atoms with E-state index in [-0.39, 0.29) is 11.7 Å². The lowest BCUT2D eigenvalue weighted by atomic mass is 10.3. The normalized spacial score (nSPS) is 11.0. The zero-order chi connectivity index (χ0) is 9.68. The predicted octanol–water partition coefficient (Wildman–Crippen LogP) is -0.392. The highest BCUT2D eigenvalue weighted by Crippen LogP contribution is 1.97. The van der Waals surface area contributed by atoms with Crippen LogP contribution in [0.5, 0.6) is 0 Å². The van der Waals surface area contributed by atoms with Gasteiger partial charge < -0.3 is 10.6 Å². The molecule has 0 radical (unpaired) electrons. The zero-order valence-electron chi connectivity index (χ0n) is 6.97. The average Bonchev–Trinajstić information content (AvgIpc) is 2.14. The number of oxime groups is 1. The first-order chi connectivity index (χ1) is 6.27. The van der Waals surface area contributed by atoms with Crippen molar-refractivity contribution in [3.63, 3.8) is 0 Å². The molecule has 1 rings (SSSR count). The number of hydrogen-bond donors (Lipinski definition) is 1. The van der Waals surface area contributed by atoms with Gasteiger partial charge in [-0.1, -0.05) is 5.16 Å². The van der Waals surface area contributed by atoms with Crippen molar-refractivity contribution in [3.8, 4) is 0 Å². The summed E-state index contributed by atoms with van der Waals surface area (Å²) in [5.74, 6) is 0.0863. The van der Waals surface area contributed by atoms with Gasteiger partial charge >= 0.3 is 0 Å². The van der Waals surface area contributed by atoms with E-state index < -0.39 is 0 Å². The molecular formula is C7H8N4O2. The Morgan fingerprint density at radius 1 is 1.77 bits per heavy atom. The van der Waals surface area contributed by atoms with Gasteiger partial charge in [0.05, 0.1) is 0 Å². The van der Waals surface area contributed by atoms with Crippen LogP contribution >= 0.6 is 0 Å². The molecular weight excluding hydrogens is 172 g/mol. The van der Waals surface area contributed by atoms with Crippen LogP contribution in [-0.4, -0.2) is 29.1 Å². The van der Waals surface area contributed by atoms with Gasteiger partial charge in [0.15, 0.2) is 12.0 Å². The molecule has 0 spiro atoms. The molecule has 1 heterocycles. The largest absolute Gasteiger partial charge is 0.398 e. The molecule has 6 nitrogen and oxygen atoms in total. The number of nitrogens with two attached hydrogens (primary N) is 1. The van der Waals surface area contributed by atoms with Crippen LogP contribution in [0.3, 0.4) is 0 Å². The number of nitrogen functional groups attached to an aromatic ring is 1. The van der Waals surface area contributed by atoms with E-state index in [0.29, 0.717) is 12.0 Å². The summed E-state index contributed by atoms with van der Waals surface area (Å²) in [5.41, 5.74) is 5.73. The minimum Gasteiger partial charge on any atom is -0.398 e. The first kappa shape index (κ1) is 9.11. The van der Waals surface area contributed by atoms with E-state index >= 15 is 0 Å². The molecule has 1 aromatic rings. The van der Waals surface area contributed by atoms with Gasteiger partial charge in [0, 0.05) is 6.20 Å². The maximum Gasteiger partial charge on any atom is 0.220 e. The van der Waals surface area contributed by atoms with Gasteiger partial charge in [-0.15, -0.1) is 0 Å². The van der Waals surface area contributed by atoms with Gasteiger partial charge in [-0.2, -0.15) is 0 Å². The fourth-order valence-electron chi connectivity index (χ4n) is 0.743. The molecule has 0 bridgehead atoms. The van der Waals surface area contributed by atoms with E-state index in [2.05, 4.69) is 20.0 Å². The molecule has 0 amide bonds. The molecule has 0 aromatic carbocycles. The Balaban J connectivity index is 3.05. The van der Waals surface area contributed by atoms with Crippen LogP contribution in [0, 0.1) is 0 Å². The number of aldehydes is 1. The number of hydrogen-bond acceptors (Lipinski definition) is 6. The van der Waals surface area contributed by atoms with Crippen LogP contribution < -0.4 is 5.73 Å². The van der Waals surface area contributed by atoms with Gasteiger partial charge in [-0.25, -0.2) is 9.97 Å². The Kier molecular flexibility index (Phi) is 2.91. The van der Waals surface area contributed by atoms with Crippen molar-refractivity contribution in [1.29, 1.82) is 0 Å². The number of anilines is 1. The molecule has 0 fully saturated rings. The number of carbonyl (C=O) groups excluding carboxylic acids is 1. The standard InChI is InChI=1S/C7H8N4O2/c1-13-11-6(4-12)5-2-3-9-7(8)10-5/h2-4H,1H3,(H2,8,9,10)/b11-6+. The summed E-state index contributed by atoms with van der Waals surface area (Å²) in [5, 5.41) is 3.46. The van der Waals surface area contributed by atoms with E-state index in [1.807, 2.05) is 0 Å². The summed E-state index contributed by atoms with van der Waals surface area (Å²) in [7, 11) is 1.34. The predicted molar refractivity (Wildman–Crippen MR) is 46.1 cm³/mol. The first-order valence-electron chi connectivity index (χ1n) is 3.43. The molecule has 6 heteroatoms. The van der Waals surface area contributed by atoms with Crippen LogP contribution in [0.1, 0.15) is 5.69 Å². The van der Waals surface area contributed by atoms with Crippen molar-refractivity contribution >= 4 is 17.9 Å². The molecule has 0 aliphatic rings. The molecule has 0 saturated heterocycles. The third-order valence-electron chi connectivity index (χ3n) is 1.24.